The van der Waals surface area contributed by atoms with Crippen LogP contribution in [-0.2, 0) is 0 Å². The summed E-state index contributed by atoms with van der Waals surface area (Å²) in [5.74, 6) is 0. The van der Waals surface area contributed by atoms with Crippen LogP contribution in [0.1, 0.15) is 0 Å². The second kappa shape index (κ2) is 17.2. The third-order valence-electron chi connectivity index (χ3n) is 14.6. The number of hydrogen-bond donors (Lipinski definition) is 0. The van der Waals surface area contributed by atoms with Crippen molar-refractivity contribution in [3.05, 3.63) is 273 Å². The second-order valence-electron chi connectivity index (χ2n) is 18.7. The molecule has 1 heterocycles. The van der Waals surface area contributed by atoms with Crippen molar-refractivity contribution in [2.75, 3.05) is 4.90 Å². The van der Waals surface area contributed by atoms with E-state index >= 15 is 0 Å². The van der Waals surface area contributed by atoms with Crippen LogP contribution in [0.25, 0.3) is 121 Å². The molecule has 0 amide bonds. The van der Waals surface area contributed by atoms with Crippen LogP contribution in [0.5, 0.6) is 0 Å². The normalized spacial score (nSPS) is 11.6. The summed E-state index contributed by atoms with van der Waals surface area (Å²) in [5, 5.41) is 12.2. The van der Waals surface area contributed by atoms with Crippen molar-refractivity contribution in [1.82, 2.24) is 0 Å². The summed E-state index contributed by atoms with van der Waals surface area (Å²) in [4.78, 5) is 2.39. The van der Waals surface area contributed by atoms with Crippen LogP contribution in [0.3, 0.4) is 0 Å². The Balaban J connectivity index is 0.948. The van der Waals surface area contributed by atoms with Gasteiger partial charge >= 0.3 is 0 Å². The monoisotopic (exact) mass is 915 g/mol. The zero-order chi connectivity index (χ0) is 47.5. The Morgan fingerprint density at radius 3 is 1.47 bits per heavy atom. The van der Waals surface area contributed by atoms with Crippen LogP contribution in [0.2, 0.25) is 0 Å². The molecule has 0 fully saturated rings. The van der Waals surface area contributed by atoms with E-state index in [4.69, 9.17) is 4.42 Å². The SMILES string of the molecule is c1ccc(-c2c(-c3ccccc3)c3cc(-c4cccc(N(c5ccc(-c6cc7ccccc7c7ccccc67)cc5)c5cccc(-c6cccc7c6oc6ccccc67)c5)c4)ccc3c3ccccc23)cc1. The summed E-state index contributed by atoms with van der Waals surface area (Å²) in [6, 6.07) is 99.3. The highest BCUT2D eigenvalue weighted by atomic mass is 16.3. The lowest BCUT2D eigenvalue weighted by atomic mass is 9.84. The number of hydrogen-bond acceptors (Lipinski definition) is 2. The Hall–Kier alpha value is -9.50. The standard InChI is InChI=1S/C70H45NO/c1-3-18-47(19-4-1)68-63-32-12-11-29-59(63)61-41-38-50(44-66(61)69(68)48-20-5-2-6-21-48)49-23-15-25-54(42-49)71(55-26-16-24-51(43-55)57-33-17-34-64-62-31-13-14-35-67(62)72-70(57)64)53-39-36-46(37-40-53)65-45-52-22-7-8-27-56(52)58-28-9-10-30-60(58)65/h1-45H. The van der Waals surface area contributed by atoms with Crippen molar-refractivity contribution in [3.63, 3.8) is 0 Å². The first-order valence-electron chi connectivity index (χ1n) is 24.7. The summed E-state index contributed by atoms with van der Waals surface area (Å²) >= 11 is 0. The van der Waals surface area contributed by atoms with Gasteiger partial charge in [-0.1, -0.05) is 218 Å². The molecule has 0 N–H and O–H groups in total. The van der Waals surface area contributed by atoms with Gasteiger partial charge < -0.3 is 9.32 Å². The van der Waals surface area contributed by atoms with Gasteiger partial charge in [-0.15, -0.1) is 0 Å². The van der Waals surface area contributed by atoms with Gasteiger partial charge in [0.15, 0.2) is 0 Å². The Kier molecular flexibility index (Phi) is 9.89. The Bertz CT molecular complexity index is 4380. The predicted molar refractivity (Wildman–Crippen MR) is 306 cm³/mol. The summed E-state index contributed by atoms with van der Waals surface area (Å²) < 4.78 is 6.59. The van der Waals surface area contributed by atoms with Gasteiger partial charge in [0, 0.05) is 33.4 Å². The Morgan fingerprint density at radius 1 is 0.236 bits per heavy atom. The van der Waals surface area contributed by atoms with Crippen molar-refractivity contribution in [3.8, 4) is 55.6 Å². The maximum absolute atomic E-state index is 6.59. The number of fused-ring (bicyclic) bond motifs is 9. The van der Waals surface area contributed by atoms with Gasteiger partial charge in [-0.05, 0) is 148 Å². The van der Waals surface area contributed by atoms with E-state index in [1.54, 1.807) is 0 Å². The number of rotatable bonds is 8. The quantitative estimate of drug-likeness (QED) is 0.141. The van der Waals surface area contributed by atoms with Crippen LogP contribution in [0, 0.1) is 0 Å². The molecule has 0 atom stereocenters. The highest BCUT2D eigenvalue weighted by Gasteiger charge is 2.21. The van der Waals surface area contributed by atoms with Crippen LogP contribution in [0.4, 0.5) is 17.1 Å². The molecule has 0 saturated heterocycles. The van der Waals surface area contributed by atoms with E-state index in [1.807, 2.05) is 6.07 Å². The first-order valence-corrected chi connectivity index (χ1v) is 24.7. The molecule has 0 aliphatic carbocycles. The largest absolute Gasteiger partial charge is 0.455 e. The Morgan fingerprint density at radius 2 is 0.736 bits per heavy atom. The molecule has 0 radical (unpaired) electrons. The van der Waals surface area contributed by atoms with E-state index in [2.05, 4.69) is 272 Å². The summed E-state index contributed by atoms with van der Waals surface area (Å²) in [5.41, 5.74) is 16.7. The van der Waals surface area contributed by atoms with Gasteiger partial charge in [0.05, 0.1) is 0 Å². The highest BCUT2D eigenvalue weighted by Crippen LogP contribution is 2.47. The average molecular weight is 916 g/mol. The van der Waals surface area contributed by atoms with E-state index in [0.717, 1.165) is 61.3 Å². The zero-order valence-corrected chi connectivity index (χ0v) is 39.3. The smallest absolute Gasteiger partial charge is 0.143 e. The number of furan rings is 1. The van der Waals surface area contributed by atoms with E-state index in [1.165, 1.54) is 76.5 Å². The minimum Gasteiger partial charge on any atom is -0.455 e. The molecule has 0 aliphatic rings. The molecule has 0 spiro atoms. The van der Waals surface area contributed by atoms with E-state index in [0.29, 0.717) is 0 Å². The predicted octanol–water partition coefficient (Wildman–Crippen LogP) is 20.0. The fraction of sp³-hybridized carbons (Fsp3) is 0. The number of benzene rings is 13. The minimum atomic E-state index is 0.892. The van der Waals surface area contributed by atoms with Crippen LogP contribution < -0.4 is 4.90 Å². The molecule has 14 rings (SSSR count). The molecule has 14 aromatic rings. The van der Waals surface area contributed by atoms with Crippen molar-refractivity contribution in [1.29, 1.82) is 0 Å². The van der Waals surface area contributed by atoms with Crippen molar-refractivity contribution in [2.45, 2.75) is 0 Å². The molecule has 2 nitrogen and oxygen atoms in total. The fourth-order valence-electron chi connectivity index (χ4n) is 11.3. The van der Waals surface area contributed by atoms with Crippen LogP contribution >= 0.6 is 0 Å². The molecule has 1 aromatic heterocycles. The molecule has 0 bridgehead atoms. The van der Waals surface area contributed by atoms with Crippen molar-refractivity contribution < 1.29 is 4.42 Å². The lowest BCUT2D eigenvalue weighted by molar-refractivity contribution is 0.670. The molecule has 2 heteroatoms. The average Bonchev–Trinajstić information content (AvgIpc) is 3.84. The molecule has 0 aliphatic heterocycles. The molecule has 13 aromatic carbocycles. The number of nitrogens with zero attached hydrogens (tertiary/aromatic N) is 1. The summed E-state index contributed by atoms with van der Waals surface area (Å²) in [7, 11) is 0. The van der Waals surface area contributed by atoms with E-state index in [9.17, 15) is 0 Å². The molecule has 72 heavy (non-hydrogen) atoms. The van der Waals surface area contributed by atoms with Gasteiger partial charge in [-0.2, -0.15) is 0 Å². The van der Waals surface area contributed by atoms with Gasteiger partial charge in [-0.3, -0.25) is 0 Å². The van der Waals surface area contributed by atoms with Crippen LogP contribution in [0.15, 0.2) is 277 Å². The lowest BCUT2D eigenvalue weighted by Gasteiger charge is -2.27. The third-order valence-corrected chi connectivity index (χ3v) is 14.6. The minimum absolute atomic E-state index is 0.892. The first kappa shape index (κ1) is 41.5. The Labute approximate surface area is 417 Å². The third kappa shape index (κ3) is 6.95. The molecule has 0 unspecified atom stereocenters. The topological polar surface area (TPSA) is 16.4 Å². The second-order valence-corrected chi connectivity index (χ2v) is 18.7. The first-order chi connectivity index (χ1) is 35.7. The van der Waals surface area contributed by atoms with E-state index < -0.39 is 0 Å². The lowest BCUT2D eigenvalue weighted by Crippen LogP contribution is -2.10. The van der Waals surface area contributed by atoms with Crippen LogP contribution in [-0.4, -0.2) is 0 Å². The molecular weight excluding hydrogens is 871 g/mol. The molecular formula is C70H45NO. The maximum atomic E-state index is 6.59. The molecule has 336 valence electrons. The van der Waals surface area contributed by atoms with E-state index in [-0.39, 0.29) is 0 Å². The highest BCUT2D eigenvalue weighted by molar-refractivity contribution is 6.22. The van der Waals surface area contributed by atoms with Gasteiger partial charge in [-0.25, -0.2) is 0 Å². The van der Waals surface area contributed by atoms with Gasteiger partial charge in [0.2, 0.25) is 0 Å². The van der Waals surface area contributed by atoms with Crippen molar-refractivity contribution in [2.24, 2.45) is 0 Å². The van der Waals surface area contributed by atoms with Gasteiger partial charge in [0.1, 0.15) is 11.2 Å². The number of anilines is 3. The summed E-state index contributed by atoms with van der Waals surface area (Å²) in [6.07, 6.45) is 0. The summed E-state index contributed by atoms with van der Waals surface area (Å²) in [6.45, 7) is 0. The fourth-order valence-corrected chi connectivity index (χ4v) is 11.3. The zero-order valence-electron chi connectivity index (χ0n) is 39.3. The maximum Gasteiger partial charge on any atom is 0.143 e. The number of para-hydroxylation sites is 2. The van der Waals surface area contributed by atoms with Crippen molar-refractivity contribution >= 4 is 82.1 Å². The van der Waals surface area contributed by atoms with Gasteiger partial charge in [0.25, 0.3) is 0 Å². The molecule has 0 saturated carbocycles.